The zero-order valence-electron chi connectivity index (χ0n) is 9.98. The number of pyridine rings is 1. The SMILES string of the molecule is Nc1ncnc(NNC(=O)c2ccncc2)c1[N+](=O)[O-]. The van der Waals surface area contributed by atoms with Gasteiger partial charge in [-0.15, -0.1) is 0 Å². The molecule has 0 bridgehead atoms. The molecule has 0 saturated heterocycles. The summed E-state index contributed by atoms with van der Waals surface area (Å²) in [4.78, 5) is 32.8. The topological polar surface area (TPSA) is 149 Å². The zero-order valence-corrected chi connectivity index (χ0v) is 9.98. The molecule has 4 N–H and O–H groups in total. The van der Waals surface area contributed by atoms with E-state index in [2.05, 4.69) is 25.8 Å². The van der Waals surface area contributed by atoms with Gasteiger partial charge in [-0.25, -0.2) is 9.97 Å². The molecule has 2 rings (SSSR count). The fraction of sp³-hybridized carbons (Fsp3) is 0. The van der Waals surface area contributed by atoms with Crippen molar-refractivity contribution in [2.45, 2.75) is 0 Å². The predicted molar refractivity (Wildman–Crippen MR) is 68.4 cm³/mol. The van der Waals surface area contributed by atoms with Crippen molar-refractivity contribution in [1.82, 2.24) is 20.4 Å². The van der Waals surface area contributed by atoms with Crippen molar-refractivity contribution in [3.63, 3.8) is 0 Å². The van der Waals surface area contributed by atoms with Crippen LogP contribution >= 0.6 is 0 Å². The fourth-order valence-corrected chi connectivity index (χ4v) is 1.36. The van der Waals surface area contributed by atoms with Crippen molar-refractivity contribution in [1.29, 1.82) is 0 Å². The maximum Gasteiger partial charge on any atom is 0.354 e. The Kier molecular flexibility index (Phi) is 3.65. The highest BCUT2D eigenvalue weighted by Crippen LogP contribution is 2.25. The molecule has 10 heteroatoms. The Bertz CT molecular complexity index is 647. The molecule has 20 heavy (non-hydrogen) atoms. The lowest BCUT2D eigenvalue weighted by Crippen LogP contribution is -2.30. The van der Waals surface area contributed by atoms with Gasteiger partial charge in [-0.2, -0.15) is 0 Å². The molecule has 0 aliphatic carbocycles. The lowest BCUT2D eigenvalue weighted by molar-refractivity contribution is -0.383. The Morgan fingerprint density at radius 1 is 1.30 bits per heavy atom. The van der Waals surface area contributed by atoms with Gasteiger partial charge in [0.15, 0.2) is 0 Å². The number of nitrogens with zero attached hydrogens (tertiary/aromatic N) is 4. The van der Waals surface area contributed by atoms with Crippen molar-refractivity contribution < 1.29 is 9.72 Å². The minimum atomic E-state index is -0.740. The summed E-state index contributed by atoms with van der Waals surface area (Å²) in [6.45, 7) is 0. The van der Waals surface area contributed by atoms with Crippen LogP contribution in [-0.2, 0) is 0 Å². The van der Waals surface area contributed by atoms with E-state index in [0.29, 0.717) is 5.56 Å². The molecule has 0 saturated carbocycles. The van der Waals surface area contributed by atoms with Gasteiger partial charge in [0, 0.05) is 18.0 Å². The predicted octanol–water partition coefficient (Wildman–Crippen LogP) is 0.119. The third-order valence-electron chi connectivity index (χ3n) is 2.27. The molecule has 0 atom stereocenters. The second kappa shape index (κ2) is 5.56. The zero-order chi connectivity index (χ0) is 14.5. The van der Waals surface area contributed by atoms with Gasteiger partial charge in [0.05, 0.1) is 4.92 Å². The van der Waals surface area contributed by atoms with Gasteiger partial charge in [-0.1, -0.05) is 0 Å². The van der Waals surface area contributed by atoms with Crippen LogP contribution in [0.2, 0.25) is 0 Å². The number of hydrazine groups is 1. The maximum atomic E-state index is 11.7. The third kappa shape index (κ3) is 2.75. The van der Waals surface area contributed by atoms with E-state index >= 15 is 0 Å². The highest BCUT2D eigenvalue weighted by atomic mass is 16.6. The lowest BCUT2D eigenvalue weighted by Gasteiger charge is -2.08. The molecule has 10 nitrogen and oxygen atoms in total. The number of anilines is 2. The van der Waals surface area contributed by atoms with Crippen molar-refractivity contribution >= 4 is 23.2 Å². The molecule has 0 aromatic carbocycles. The van der Waals surface area contributed by atoms with Gasteiger partial charge >= 0.3 is 5.69 Å². The Hall–Kier alpha value is -3.30. The van der Waals surface area contributed by atoms with E-state index in [9.17, 15) is 14.9 Å². The van der Waals surface area contributed by atoms with Gasteiger partial charge in [-0.3, -0.25) is 30.7 Å². The molecule has 0 radical (unpaired) electrons. The normalized spacial score (nSPS) is 9.80. The minimum Gasteiger partial charge on any atom is -0.378 e. The smallest absolute Gasteiger partial charge is 0.354 e. The van der Waals surface area contributed by atoms with Crippen molar-refractivity contribution in [2.75, 3.05) is 11.2 Å². The first-order valence-corrected chi connectivity index (χ1v) is 5.31. The van der Waals surface area contributed by atoms with Gasteiger partial charge in [-0.05, 0) is 12.1 Å². The molecule has 2 heterocycles. The Labute approximate surface area is 112 Å². The number of carbonyl (C=O) groups excluding carboxylic acids is 1. The average Bonchev–Trinajstić information content (AvgIpc) is 2.45. The number of nitrogens with two attached hydrogens (primary N) is 1. The number of nitrogen functional groups attached to an aromatic ring is 1. The van der Waals surface area contributed by atoms with E-state index < -0.39 is 16.5 Å². The fourth-order valence-electron chi connectivity index (χ4n) is 1.36. The van der Waals surface area contributed by atoms with E-state index in [4.69, 9.17) is 5.73 Å². The first-order chi connectivity index (χ1) is 9.59. The minimum absolute atomic E-state index is 0.204. The van der Waals surface area contributed by atoms with Crippen LogP contribution in [0.4, 0.5) is 17.3 Å². The molecule has 102 valence electrons. The van der Waals surface area contributed by atoms with Crippen LogP contribution in [0.1, 0.15) is 10.4 Å². The molecule has 1 amide bonds. The van der Waals surface area contributed by atoms with Gasteiger partial charge in [0.1, 0.15) is 6.33 Å². The molecule has 0 aliphatic rings. The largest absolute Gasteiger partial charge is 0.378 e. The quantitative estimate of drug-likeness (QED) is 0.526. The third-order valence-corrected chi connectivity index (χ3v) is 2.27. The van der Waals surface area contributed by atoms with Gasteiger partial charge in [0.25, 0.3) is 5.91 Å². The number of carbonyl (C=O) groups is 1. The van der Waals surface area contributed by atoms with E-state index in [0.717, 1.165) is 6.33 Å². The molecule has 2 aromatic heterocycles. The summed E-state index contributed by atoms with van der Waals surface area (Å²) in [5.74, 6) is -1.01. The first-order valence-electron chi connectivity index (χ1n) is 5.31. The Morgan fingerprint density at radius 2 is 2.00 bits per heavy atom. The summed E-state index contributed by atoms with van der Waals surface area (Å²) >= 11 is 0. The lowest BCUT2D eigenvalue weighted by atomic mass is 10.3. The maximum absolute atomic E-state index is 11.7. The second-order valence-electron chi connectivity index (χ2n) is 3.53. The molecule has 0 fully saturated rings. The van der Waals surface area contributed by atoms with Crippen LogP contribution in [0, 0.1) is 10.1 Å². The molecule has 0 aliphatic heterocycles. The van der Waals surface area contributed by atoms with Crippen LogP contribution < -0.4 is 16.6 Å². The van der Waals surface area contributed by atoms with Crippen LogP contribution in [0.25, 0.3) is 0 Å². The van der Waals surface area contributed by atoms with Crippen molar-refractivity contribution in [2.24, 2.45) is 0 Å². The van der Waals surface area contributed by atoms with Crippen LogP contribution in [0.3, 0.4) is 0 Å². The summed E-state index contributed by atoms with van der Waals surface area (Å²) in [6, 6.07) is 2.97. The Balaban J connectivity index is 2.14. The van der Waals surface area contributed by atoms with Gasteiger partial charge < -0.3 is 5.73 Å². The van der Waals surface area contributed by atoms with E-state index in [-0.39, 0.29) is 11.6 Å². The van der Waals surface area contributed by atoms with E-state index in [1.807, 2.05) is 0 Å². The monoisotopic (exact) mass is 275 g/mol. The summed E-state index contributed by atoms with van der Waals surface area (Å²) in [5, 5.41) is 10.8. The highest BCUT2D eigenvalue weighted by Gasteiger charge is 2.21. The molecule has 0 spiro atoms. The number of hydrogen-bond acceptors (Lipinski definition) is 8. The van der Waals surface area contributed by atoms with Crippen LogP contribution in [0.15, 0.2) is 30.9 Å². The van der Waals surface area contributed by atoms with Crippen molar-refractivity contribution in [3.8, 4) is 0 Å². The average molecular weight is 275 g/mol. The van der Waals surface area contributed by atoms with Gasteiger partial charge in [0.2, 0.25) is 11.6 Å². The summed E-state index contributed by atoms with van der Waals surface area (Å²) in [6.07, 6.45) is 3.93. The summed E-state index contributed by atoms with van der Waals surface area (Å²) in [5.41, 5.74) is 9.82. The molecular weight excluding hydrogens is 266 g/mol. The second-order valence-corrected chi connectivity index (χ2v) is 3.53. The van der Waals surface area contributed by atoms with Crippen molar-refractivity contribution in [3.05, 3.63) is 46.5 Å². The number of nitro groups is 1. The van der Waals surface area contributed by atoms with Crippen LogP contribution in [0.5, 0.6) is 0 Å². The first kappa shape index (κ1) is 13.1. The summed E-state index contributed by atoms with van der Waals surface area (Å²) in [7, 11) is 0. The number of rotatable bonds is 4. The van der Waals surface area contributed by atoms with Crippen LogP contribution in [-0.4, -0.2) is 25.8 Å². The molecule has 0 unspecified atom stereocenters. The Morgan fingerprint density at radius 3 is 2.65 bits per heavy atom. The number of hydrogen-bond donors (Lipinski definition) is 3. The number of nitrogens with one attached hydrogen (secondary N) is 2. The highest BCUT2D eigenvalue weighted by molar-refractivity contribution is 5.94. The van der Waals surface area contributed by atoms with E-state index in [1.165, 1.54) is 24.5 Å². The standard InChI is InChI=1S/C10H9N7O3/c11-8-7(17(19)20)9(14-5-13-8)15-16-10(18)6-1-3-12-4-2-6/h1-5H,(H,16,18)(H3,11,13,14,15). The number of amides is 1. The number of aromatic nitrogens is 3. The molecule has 2 aromatic rings. The summed E-state index contributed by atoms with van der Waals surface area (Å²) < 4.78 is 0. The van der Waals surface area contributed by atoms with E-state index in [1.54, 1.807) is 0 Å². The molecular formula is C10H9N7O3.